The number of benzene rings is 1. The van der Waals surface area contributed by atoms with Gasteiger partial charge in [0.15, 0.2) is 11.6 Å². The first-order valence-corrected chi connectivity index (χ1v) is 8.31. The normalized spacial score (nSPS) is 23.7. The van der Waals surface area contributed by atoms with Crippen LogP contribution in [0.4, 0.5) is 8.78 Å². The summed E-state index contributed by atoms with van der Waals surface area (Å²) in [6, 6.07) is 4.07. The summed E-state index contributed by atoms with van der Waals surface area (Å²) < 4.78 is 26.3. The second-order valence-corrected chi connectivity index (χ2v) is 6.52. The van der Waals surface area contributed by atoms with Crippen LogP contribution in [0.2, 0.25) is 0 Å². The molecule has 0 N–H and O–H groups in total. The van der Waals surface area contributed by atoms with Crippen LogP contribution < -0.4 is 0 Å². The molecule has 2 heteroatoms. The second-order valence-electron chi connectivity index (χ2n) is 6.52. The van der Waals surface area contributed by atoms with Crippen LogP contribution in [0.25, 0.3) is 5.57 Å². The molecule has 0 unspecified atom stereocenters. The first kappa shape index (κ1) is 16.9. The highest BCUT2D eigenvalue weighted by Gasteiger charge is 2.20. The smallest absolute Gasteiger partial charge is 0.159 e. The standard InChI is InChI=1S/C20H26F2/c1-4-16-7-9-17(10-8-16)14(2)5-6-15(3)18-11-12-19(21)20(22)13-18/h5-6,11-13,16-17H,4,7-10H2,1-3H3/b14-5+,15-6+. The zero-order valence-corrected chi connectivity index (χ0v) is 13.8. The summed E-state index contributed by atoms with van der Waals surface area (Å²) in [5.74, 6) is 0.000110. The van der Waals surface area contributed by atoms with Gasteiger partial charge in [-0.25, -0.2) is 8.78 Å². The highest BCUT2D eigenvalue weighted by molar-refractivity contribution is 5.65. The van der Waals surface area contributed by atoms with Crippen molar-refractivity contribution < 1.29 is 8.78 Å². The third kappa shape index (κ3) is 4.28. The number of allylic oxidation sites excluding steroid dienone is 4. The van der Waals surface area contributed by atoms with Crippen LogP contribution in [0.3, 0.4) is 0 Å². The molecule has 0 bridgehead atoms. The fourth-order valence-corrected chi connectivity index (χ4v) is 3.26. The van der Waals surface area contributed by atoms with Gasteiger partial charge in [-0.2, -0.15) is 0 Å². The van der Waals surface area contributed by atoms with E-state index in [9.17, 15) is 8.78 Å². The van der Waals surface area contributed by atoms with Gasteiger partial charge in [0.2, 0.25) is 0 Å². The molecular formula is C20H26F2. The minimum absolute atomic E-state index is 0.678. The largest absolute Gasteiger partial charge is 0.204 e. The van der Waals surface area contributed by atoms with Crippen molar-refractivity contribution in [1.82, 2.24) is 0 Å². The number of hydrogen-bond donors (Lipinski definition) is 0. The van der Waals surface area contributed by atoms with E-state index in [1.54, 1.807) is 6.07 Å². The van der Waals surface area contributed by atoms with Gasteiger partial charge in [-0.05, 0) is 74.6 Å². The van der Waals surface area contributed by atoms with Crippen molar-refractivity contribution in [3.8, 4) is 0 Å². The van der Waals surface area contributed by atoms with Crippen LogP contribution in [0.15, 0.2) is 35.9 Å². The predicted molar refractivity (Wildman–Crippen MR) is 89.5 cm³/mol. The molecule has 0 amide bonds. The van der Waals surface area contributed by atoms with E-state index in [0.717, 1.165) is 17.1 Å². The van der Waals surface area contributed by atoms with Crippen LogP contribution >= 0.6 is 0 Å². The van der Waals surface area contributed by atoms with Gasteiger partial charge in [0.05, 0.1) is 0 Å². The van der Waals surface area contributed by atoms with Gasteiger partial charge in [0, 0.05) is 0 Å². The summed E-state index contributed by atoms with van der Waals surface area (Å²) in [7, 11) is 0. The fourth-order valence-electron chi connectivity index (χ4n) is 3.26. The Morgan fingerprint density at radius 2 is 1.73 bits per heavy atom. The Bertz CT molecular complexity index is 561. The molecular weight excluding hydrogens is 278 g/mol. The molecule has 1 saturated carbocycles. The van der Waals surface area contributed by atoms with E-state index in [1.165, 1.54) is 49.8 Å². The molecule has 0 heterocycles. The maximum atomic E-state index is 13.3. The molecule has 1 fully saturated rings. The van der Waals surface area contributed by atoms with Gasteiger partial charge < -0.3 is 0 Å². The fraction of sp³-hybridized carbons (Fsp3) is 0.500. The Morgan fingerprint density at radius 3 is 2.32 bits per heavy atom. The van der Waals surface area contributed by atoms with Gasteiger partial charge >= 0.3 is 0 Å². The Morgan fingerprint density at radius 1 is 1.05 bits per heavy atom. The summed E-state index contributed by atoms with van der Waals surface area (Å²) in [4.78, 5) is 0. The zero-order valence-electron chi connectivity index (χ0n) is 13.8. The molecule has 120 valence electrons. The number of rotatable bonds is 4. The number of halogens is 2. The Hall–Kier alpha value is -1.44. The van der Waals surface area contributed by atoms with Gasteiger partial charge in [0.1, 0.15) is 0 Å². The molecule has 0 aromatic heterocycles. The van der Waals surface area contributed by atoms with E-state index in [2.05, 4.69) is 19.9 Å². The summed E-state index contributed by atoms with van der Waals surface area (Å²) in [5.41, 5.74) is 3.09. The van der Waals surface area contributed by atoms with Crippen molar-refractivity contribution in [1.29, 1.82) is 0 Å². The van der Waals surface area contributed by atoms with Crippen molar-refractivity contribution in [2.75, 3.05) is 0 Å². The second kappa shape index (κ2) is 7.71. The number of hydrogen-bond acceptors (Lipinski definition) is 0. The SMILES string of the molecule is CCC1CCC(/C(C)=C/C=C(\C)c2ccc(F)c(F)c2)CC1. The quantitative estimate of drug-likeness (QED) is 0.555. The zero-order chi connectivity index (χ0) is 16.1. The minimum atomic E-state index is -0.795. The monoisotopic (exact) mass is 304 g/mol. The third-order valence-corrected chi connectivity index (χ3v) is 5.04. The summed E-state index contributed by atoms with van der Waals surface area (Å²) in [6.45, 7) is 6.40. The molecule has 1 aliphatic rings. The predicted octanol–water partition coefficient (Wildman–Crippen LogP) is 6.53. The van der Waals surface area contributed by atoms with Crippen LogP contribution in [-0.2, 0) is 0 Å². The summed E-state index contributed by atoms with van der Waals surface area (Å²) in [6.07, 6.45) is 10.7. The molecule has 1 aromatic carbocycles. The van der Waals surface area contributed by atoms with E-state index in [-0.39, 0.29) is 0 Å². The minimum Gasteiger partial charge on any atom is -0.204 e. The van der Waals surface area contributed by atoms with Crippen molar-refractivity contribution in [3.05, 3.63) is 53.1 Å². The van der Waals surface area contributed by atoms with Crippen LogP contribution in [-0.4, -0.2) is 0 Å². The average molecular weight is 304 g/mol. The van der Waals surface area contributed by atoms with E-state index >= 15 is 0 Å². The van der Waals surface area contributed by atoms with E-state index in [1.807, 2.05) is 13.0 Å². The third-order valence-electron chi connectivity index (χ3n) is 5.04. The lowest BCUT2D eigenvalue weighted by molar-refractivity contribution is 0.295. The molecule has 2 rings (SSSR count). The lowest BCUT2D eigenvalue weighted by atomic mass is 9.78. The van der Waals surface area contributed by atoms with Crippen LogP contribution in [0.5, 0.6) is 0 Å². The van der Waals surface area contributed by atoms with Gasteiger partial charge in [-0.1, -0.05) is 37.1 Å². The van der Waals surface area contributed by atoms with Gasteiger partial charge in [-0.3, -0.25) is 0 Å². The van der Waals surface area contributed by atoms with Crippen molar-refractivity contribution in [3.63, 3.8) is 0 Å². The molecule has 0 radical (unpaired) electrons. The highest BCUT2D eigenvalue weighted by Crippen LogP contribution is 2.34. The first-order valence-electron chi connectivity index (χ1n) is 8.31. The highest BCUT2D eigenvalue weighted by atomic mass is 19.2. The van der Waals surface area contributed by atoms with Crippen molar-refractivity contribution in [2.45, 2.75) is 52.9 Å². The molecule has 0 saturated heterocycles. The van der Waals surface area contributed by atoms with E-state index in [4.69, 9.17) is 0 Å². The molecule has 0 aliphatic heterocycles. The van der Waals surface area contributed by atoms with Gasteiger partial charge in [0.25, 0.3) is 0 Å². The molecule has 1 aromatic rings. The summed E-state index contributed by atoms with van der Waals surface area (Å²) in [5, 5.41) is 0. The Labute approximate surface area is 132 Å². The maximum absolute atomic E-state index is 13.3. The molecule has 1 aliphatic carbocycles. The van der Waals surface area contributed by atoms with Crippen LogP contribution in [0.1, 0.15) is 58.4 Å². The Balaban J connectivity index is 2.03. The molecule has 22 heavy (non-hydrogen) atoms. The molecule has 0 spiro atoms. The average Bonchev–Trinajstić information content (AvgIpc) is 2.54. The van der Waals surface area contributed by atoms with Crippen molar-refractivity contribution in [2.24, 2.45) is 11.8 Å². The maximum Gasteiger partial charge on any atom is 0.159 e. The van der Waals surface area contributed by atoms with E-state index in [0.29, 0.717) is 5.92 Å². The van der Waals surface area contributed by atoms with Crippen molar-refractivity contribution >= 4 is 5.57 Å². The molecule has 0 atom stereocenters. The van der Waals surface area contributed by atoms with E-state index < -0.39 is 11.6 Å². The summed E-state index contributed by atoms with van der Waals surface area (Å²) >= 11 is 0. The Kier molecular flexibility index (Phi) is 5.93. The topological polar surface area (TPSA) is 0 Å². The van der Waals surface area contributed by atoms with Gasteiger partial charge in [-0.15, -0.1) is 0 Å². The van der Waals surface area contributed by atoms with Crippen LogP contribution in [0, 0.1) is 23.5 Å². The lowest BCUT2D eigenvalue weighted by Crippen LogP contribution is -2.14. The molecule has 0 nitrogen and oxygen atoms in total. The lowest BCUT2D eigenvalue weighted by Gasteiger charge is -2.28. The first-order chi connectivity index (χ1) is 10.5.